The van der Waals surface area contributed by atoms with Crippen LogP contribution in [0.15, 0.2) is 0 Å². The quantitative estimate of drug-likeness (QED) is 0.661. The molecule has 0 saturated carbocycles. The largest absolute Gasteiger partial charge is 0.465 e. The van der Waals surface area contributed by atoms with E-state index < -0.39 is 0 Å². The van der Waals surface area contributed by atoms with Crippen molar-refractivity contribution in [3.63, 3.8) is 0 Å². The number of thioether (sulfide) groups is 1. The fourth-order valence-corrected chi connectivity index (χ4v) is 1.62. The molecule has 0 aliphatic rings. The van der Waals surface area contributed by atoms with Crippen molar-refractivity contribution >= 4 is 17.7 Å². The molecule has 0 aromatic rings. The highest BCUT2D eigenvalue weighted by molar-refractivity contribution is 7.98. The van der Waals surface area contributed by atoms with Crippen LogP contribution in [0.4, 0.5) is 0 Å². The van der Waals surface area contributed by atoms with Gasteiger partial charge in [-0.1, -0.05) is 13.8 Å². The van der Waals surface area contributed by atoms with Crippen LogP contribution >= 0.6 is 11.8 Å². The number of carbonyl (C=O) groups is 1. The lowest BCUT2D eigenvalue weighted by atomic mass is 10.2. The molecule has 0 saturated heterocycles. The Kier molecular flexibility index (Phi) is 7.99. The Hall–Kier alpha value is -0.220. The molecule has 0 rings (SSSR count). The van der Waals surface area contributed by atoms with Crippen LogP contribution in [-0.4, -0.2) is 36.7 Å². The number of esters is 1. The van der Waals surface area contributed by atoms with E-state index in [1.54, 1.807) is 11.8 Å². The lowest BCUT2D eigenvalue weighted by molar-refractivity contribution is -0.145. The topological polar surface area (TPSA) is 38.3 Å². The number of hydrogen-bond acceptors (Lipinski definition) is 4. The van der Waals surface area contributed by atoms with Gasteiger partial charge in [0.1, 0.15) is 6.04 Å². The molecule has 0 fully saturated rings. The third-order valence-electron chi connectivity index (χ3n) is 1.72. The minimum atomic E-state index is -0.151. The molecule has 3 nitrogen and oxygen atoms in total. The first kappa shape index (κ1) is 13.8. The van der Waals surface area contributed by atoms with E-state index in [2.05, 4.69) is 5.32 Å². The minimum absolute atomic E-state index is 0.129. The van der Waals surface area contributed by atoms with Crippen molar-refractivity contribution in [1.82, 2.24) is 5.32 Å². The van der Waals surface area contributed by atoms with Gasteiger partial charge in [0.2, 0.25) is 0 Å². The van der Waals surface area contributed by atoms with Crippen LogP contribution in [0.3, 0.4) is 0 Å². The molecule has 1 N–H and O–H groups in total. The van der Waals surface area contributed by atoms with Gasteiger partial charge < -0.3 is 10.1 Å². The fraction of sp³-hybridized carbons (Fsp3) is 0.900. The summed E-state index contributed by atoms with van der Waals surface area (Å²) < 4.78 is 4.99. The predicted octanol–water partition coefficient (Wildman–Crippen LogP) is 1.67. The Bertz CT molecular complexity index is 162. The van der Waals surface area contributed by atoms with E-state index in [9.17, 15) is 4.79 Å². The number of hydrogen-bond donors (Lipinski definition) is 1. The van der Waals surface area contributed by atoms with Crippen molar-refractivity contribution in [3.8, 4) is 0 Å². The van der Waals surface area contributed by atoms with Crippen LogP contribution in [0.5, 0.6) is 0 Å². The molecule has 14 heavy (non-hydrogen) atoms. The van der Waals surface area contributed by atoms with Crippen molar-refractivity contribution in [1.29, 1.82) is 0 Å². The zero-order valence-electron chi connectivity index (χ0n) is 9.50. The van der Waals surface area contributed by atoms with Crippen molar-refractivity contribution in [3.05, 3.63) is 0 Å². The first-order valence-corrected chi connectivity index (χ1v) is 6.42. The van der Waals surface area contributed by atoms with E-state index in [1.165, 1.54) is 0 Å². The standard InChI is InChI=1S/C10H21NO2S/c1-5-13-10(12)9(6-7-14-4)11-8(2)3/h8-9,11H,5-7H2,1-4H3. The first-order valence-electron chi connectivity index (χ1n) is 5.03. The van der Waals surface area contributed by atoms with E-state index in [0.717, 1.165) is 12.2 Å². The highest BCUT2D eigenvalue weighted by Gasteiger charge is 2.19. The Morgan fingerprint density at radius 2 is 2.14 bits per heavy atom. The molecule has 0 aliphatic heterocycles. The smallest absolute Gasteiger partial charge is 0.323 e. The number of rotatable bonds is 7. The van der Waals surface area contributed by atoms with Gasteiger partial charge in [-0.05, 0) is 25.4 Å². The average Bonchev–Trinajstić information content (AvgIpc) is 2.12. The molecule has 0 radical (unpaired) electrons. The van der Waals surface area contributed by atoms with Crippen LogP contribution in [0.2, 0.25) is 0 Å². The molecule has 0 spiro atoms. The second kappa shape index (κ2) is 8.12. The summed E-state index contributed by atoms with van der Waals surface area (Å²) >= 11 is 1.74. The highest BCUT2D eigenvalue weighted by atomic mass is 32.2. The monoisotopic (exact) mass is 219 g/mol. The number of nitrogens with one attached hydrogen (secondary N) is 1. The Balaban J connectivity index is 4.01. The maximum atomic E-state index is 11.5. The second-order valence-corrected chi connectivity index (χ2v) is 4.39. The summed E-state index contributed by atoms with van der Waals surface area (Å²) in [5.41, 5.74) is 0. The molecular weight excluding hydrogens is 198 g/mol. The van der Waals surface area contributed by atoms with Gasteiger partial charge in [-0.3, -0.25) is 4.79 Å². The van der Waals surface area contributed by atoms with Crippen LogP contribution in [-0.2, 0) is 9.53 Å². The van der Waals surface area contributed by atoms with Crippen LogP contribution < -0.4 is 5.32 Å². The maximum absolute atomic E-state index is 11.5. The van der Waals surface area contributed by atoms with Gasteiger partial charge in [-0.15, -0.1) is 0 Å². The van der Waals surface area contributed by atoms with Gasteiger partial charge >= 0.3 is 5.97 Å². The molecule has 84 valence electrons. The maximum Gasteiger partial charge on any atom is 0.323 e. The second-order valence-electron chi connectivity index (χ2n) is 3.41. The van der Waals surface area contributed by atoms with Gasteiger partial charge in [0.05, 0.1) is 6.61 Å². The summed E-state index contributed by atoms with van der Waals surface area (Å²) in [6.07, 6.45) is 2.87. The van der Waals surface area contributed by atoms with Gasteiger partial charge in [-0.25, -0.2) is 0 Å². The van der Waals surface area contributed by atoms with Crippen LogP contribution in [0.1, 0.15) is 27.2 Å². The van der Waals surface area contributed by atoms with E-state index in [4.69, 9.17) is 4.74 Å². The third-order valence-corrected chi connectivity index (χ3v) is 2.36. The minimum Gasteiger partial charge on any atom is -0.465 e. The summed E-state index contributed by atoms with van der Waals surface area (Å²) in [5, 5.41) is 3.21. The van der Waals surface area contributed by atoms with E-state index in [1.807, 2.05) is 27.0 Å². The number of carbonyl (C=O) groups excluding carboxylic acids is 1. The van der Waals surface area contributed by atoms with Crippen molar-refractivity contribution in [2.24, 2.45) is 0 Å². The van der Waals surface area contributed by atoms with E-state index in [0.29, 0.717) is 12.6 Å². The van der Waals surface area contributed by atoms with Gasteiger partial charge in [-0.2, -0.15) is 11.8 Å². The third kappa shape index (κ3) is 6.27. The van der Waals surface area contributed by atoms with Crippen molar-refractivity contribution in [2.75, 3.05) is 18.6 Å². The normalized spacial score (nSPS) is 12.9. The summed E-state index contributed by atoms with van der Waals surface area (Å²) in [7, 11) is 0. The lowest BCUT2D eigenvalue weighted by Gasteiger charge is -2.19. The van der Waals surface area contributed by atoms with Crippen LogP contribution in [0, 0.1) is 0 Å². The molecule has 0 heterocycles. The van der Waals surface area contributed by atoms with Gasteiger partial charge in [0.25, 0.3) is 0 Å². The summed E-state index contributed by atoms with van der Waals surface area (Å²) in [6, 6.07) is 0.161. The zero-order chi connectivity index (χ0) is 11.0. The van der Waals surface area contributed by atoms with Gasteiger partial charge in [0, 0.05) is 6.04 Å². The molecular formula is C10H21NO2S. The molecule has 0 aromatic carbocycles. The first-order chi connectivity index (χ1) is 6.61. The molecule has 0 amide bonds. The Morgan fingerprint density at radius 1 is 1.50 bits per heavy atom. The number of ether oxygens (including phenoxy) is 1. The average molecular weight is 219 g/mol. The predicted molar refractivity (Wildman–Crippen MR) is 61.7 cm³/mol. The lowest BCUT2D eigenvalue weighted by Crippen LogP contribution is -2.42. The molecule has 1 unspecified atom stereocenters. The van der Waals surface area contributed by atoms with Gasteiger partial charge in [0.15, 0.2) is 0 Å². The summed E-state index contributed by atoms with van der Waals surface area (Å²) in [4.78, 5) is 11.5. The zero-order valence-corrected chi connectivity index (χ0v) is 10.3. The van der Waals surface area contributed by atoms with Crippen molar-refractivity contribution in [2.45, 2.75) is 39.3 Å². The molecule has 0 aliphatic carbocycles. The summed E-state index contributed by atoms with van der Waals surface area (Å²) in [5.74, 6) is 0.846. The van der Waals surface area contributed by atoms with Crippen LogP contribution in [0.25, 0.3) is 0 Å². The van der Waals surface area contributed by atoms with E-state index in [-0.39, 0.29) is 12.0 Å². The Labute approximate surface area is 91.0 Å². The molecule has 0 aromatic heterocycles. The summed E-state index contributed by atoms with van der Waals surface area (Å²) in [6.45, 7) is 6.35. The van der Waals surface area contributed by atoms with Crippen molar-refractivity contribution < 1.29 is 9.53 Å². The molecule has 1 atom stereocenters. The fourth-order valence-electron chi connectivity index (χ4n) is 1.15. The Morgan fingerprint density at radius 3 is 2.57 bits per heavy atom. The highest BCUT2D eigenvalue weighted by Crippen LogP contribution is 2.03. The molecule has 4 heteroatoms. The van der Waals surface area contributed by atoms with E-state index >= 15 is 0 Å². The molecule has 0 bridgehead atoms. The SMILES string of the molecule is CCOC(=O)C(CCSC)NC(C)C.